The molecule has 3 aromatic rings. The maximum Gasteiger partial charge on any atom is 0.264 e. The van der Waals surface area contributed by atoms with E-state index in [0.717, 1.165) is 45.9 Å². The molecule has 2 aromatic heterocycles. The average molecular weight is 454 g/mol. The molecule has 0 saturated carbocycles. The van der Waals surface area contributed by atoms with Crippen LogP contribution in [0.2, 0.25) is 0 Å². The van der Waals surface area contributed by atoms with Gasteiger partial charge in [-0.05, 0) is 50.8 Å². The van der Waals surface area contributed by atoms with Crippen LogP contribution < -0.4 is 9.80 Å². The van der Waals surface area contributed by atoms with E-state index >= 15 is 0 Å². The Morgan fingerprint density at radius 1 is 1.09 bits per heavy atom. The van der Waals surface area contributed by atoms with Crippen molar-refractivity contribution in [1.29, 1.82) is 0 Å². The largest absolute Gasteiger partial charge is 0.366 e. The number of aryl methyl sites for hydroxylation is 1. The minimum absolute atomic E-state index is 0.0383. The Labute approximate surface area is 191 Å². The first kappa shape index (κ1) is 21.1. The van der Waals surface area contributed by atoms with Crippen molar-refractivity contribution < 1.29 is 9.18 Å². The minimum Gasteiger partial charge on any atom is -0.366 e. The number of carbonyl (C=O) groups excluding carboxylic acids is 1. The molecule has 6 nitrogen and oxygen atoms in total. The van der Waals surface area contributed by atoms with Crippen LogP contribution in [-0.4, -0.2) is 59.5 Å². The fourth-order valence-corrected chi connectivity index (χ4v) is 6.00. The second-order valence-corrected chi connectivity index (χ2v) is 9.70. The third kappa shape index (κ3) is 3.70. The normalized spacial score (nSPS) is 19.6. The summed E-state index contributed by atoms with van der Waals surface area (Å²) in [6.07, 6.45) is 5.19. The number of fused-ring (bicyclic) bond motifs is 1. The Balaban J connectivity index is 1.38. The highest BCUT2D eigenvalue weighted by Gasteiger charge is 2.29. The molecular formula is C24H28FN5OS. The minimum atomic E-state index is -0.217. The van der Waals surface area contributed by atoms with Gasteiger partial charge >= 0.3 is 0 Å². The maximum absolute atomic E-state index is 14.1. The van der Waals surface area contributed by atoms with Crippen LogP contribution in [0.4, 0.5) is 15.9 Å². The first-order valence-corrected chi connectivity index (χ1v) is 12.2. The number of rotatable bonds is 3. The number of thiophene rings is 1. The molecule has 2 saturated heterocycles. The maximum atomic E-state index is 14.1. The summed E-state index contributed by atoms with van der Waals surface area (Å²) in [6, 6.07) is 7.26. The van der Waals surface area contributed by atoms with Gasteiger partial charge in [-0.3, -0.25) is 4.79 Å². The van der Waals surface area contributed by atoms with Gasteiger partial charge in [-0.25, -0.2) is 14.4 Å². The van der Waals surface area contributed by atoms with Gasteiger partial charge in [0, 0.05) is 38.8 Å². The van der Waals surface area contributed by atoms with Crippen LogP contribution >= 0.6 is 11.3 Å². The number of halogens is 1. The van der Waals surface area contributed by atoms with Crippen LogP contribution in [0.25, 0.3) is 10.2 Å². The van der Waals surface area contributed by atoms with Gasteiger partial charge in [0.05, 0.1) is 16.0 Å². The van der Waals surface area contributed by atoms with E-state index in [-0.39, 0.29) is 11.7 Å². The summed E-state index contributed by atoms with van der Waals surface area (Å²) in [4.78, 5) is 30.4. The zero-order chi connectivity index (χ0) is 22.2. The van der Waals surface area contributed by atoms with Crippen molar-refractivity contribution in [1.82, 2.24) is 14.9 Å². The molecule has 0 spiro atoms. The zero-order valence-electron chi connectivity index (χ0n) is 18.6. The second-order valence-electron chi connectivity index (χ2n) is 8.70. The molecule has 1 amide bonds. The zero-order valence-corrected chi connectivity index (χ0v) is 19.4. The number of piperazine rings is 1. The molecule has 0 aliphatic carbocycles. The monoisotopic (exact) mass is 453 g/mol. The van der Waals surface area contributed by atoms with Crippen molar-refractivity contribution in [2.45, 2.75) is 39.2 Å². The summed E-state index contributed by atoms with van der Waals surface area (Å²) in [7, 11) is 0. The molecule has 0 radical (unpaired) electrons. The molecule has 2 aliphatic heterocycles. The van der Waals surface area contributed by atoms with Gasteiger partial charge in [-0.15, -0.1) is 11.3 Å². The molecule has 32 heavy (non-hydrogen) atoms. The predicted octanol–water partition coefficient (Wildman–Crippen LogP) is 4.48. The van der Waals surface area contributed by atoms with Crippen molar-refractivity contribution in [3.8, 4) is 0 Å². The topological polar surface area (TPSA) is 52.6 Å². The number of amides is 1. The number of hydrogen-bond acceptors (Lipinski definition) is 6. The quantitative estimate of drug-likeness (QED) is 0.585. The molecule has 0 N–H and O–H groups in total. The van der Waals surface area contributed by atoms with Crippen LogP contribution in [-0.2, 0) is 0 Å². The fourth-order valence-electron chi connectivity index (χ4n) is 4.89. The molecule has 5 rings (SSSR count). The third-order valence-electron chi connectivity index (χ3n) is 6.74. The molecular weight excluding hydrogens is 425 g/mol. The SMILES string of the molecule is Cc1c(C(=O)N2CCN(c3ccccc3F)CC2)sc2ncnc(N3CCCC[C@H]3C)c12. The number of piperidine rings is 1. The predicted molar refractivity (Wildman–Crippen MR) is 127 cm³/mol. The Morgan fingerprint density at radius 3 is 2.62 bits per heavy atom. The Morgan fingerprint density at radius 2 is 1.88 bits per heavy atom. The van der Waals surface area contributed by atoms with Gasteiger partial charge in [0.2, 0.25) is 0 Å². The van der Waals surface area contributed by atoms with Gasteiger partial charge in [-0.1, -0.05) is 12.1 Å². The summed E-state index contributed by atoms with van der Waals surface area (Å²) in [5.74, 6) is 0.779. The molecule has 2 fully saturated rings. The molecule has 1 atom stereocenters. The first-order chi connectivity index (χ1) is 15.5. The summed E-state index contributed by atoms with van der Waals surface area (Å²) in [5, 5.41) is 1.01. The van der Waals surface area contributed by atoms with Crippen molar-refractivity contribution in [2.75, 3.05) is 42.5 Å². The average Bonchev–Trinajstić information content (AvgIpc) is 3.16. The van der Waals surface area contributed by atoms with Crippen LogP contribution in [0.5, 0.6) is 0 Å². The van der Waals surface area contributed by atoms with E-state index in [1.165, 1.54) is 23.8 Å². The van der Waals surface area contributed by atoms with Gasteiger partial charge in [0.15, 0.2) is 0 Å². The van der Waals surface area contributed by atoms with Crippen LogP contribution in [0.3, 0.4) is 0 Å². The van der Waals surface area contributed by atoms with Crippen LogP contribution in [0.15, 0.2) is 30.6 Å². The lowest BCUT2D eigenvalue weighted by Gasteiger charge is -2.36. The first-order valence-electron chi connectivity index (χ1n) is 11.3. The van der Waals surface area contributed by atoms with Gasteiger partial charge in [-0.2, -0.15) is 0 Å². The smallest absolute Gasteiger partial charge is 0.264 e. The van der Waals surface area contributed by atoms with Crippen LogP contribution in [0.1, 0.15) is 41.4 Å². The highest BCUT2D eigenvalue weighted by atomic mass is 32.1. The van der Waals surface area contributed by atoms with Crippen molar-refractivity contribution >= 4 is 39.0 Å². The Kier molecular flexibility index (Phi) is 5.71. The Hall–Kier alpha value is -2.74. The van der Waals surface area contributed by atoms with E-state index in [2.05, 4.69) is 21.8 Å². The number of para-hydroxylation sites is 1. The van der Waals surface area contributed by atoms with E-state index in [4.69, 9.17) is 0 Å². The lowest BCUT2D eigenvalue weighted by molar-refractivity contribution is 0.0751. The van der Waals surface area contributed by atoms with Crippen molar-refractivity contribution in [2.24, 2.45) is 0 Å². The molecule has 2 aliphatic rings. The Bertz CT molecular complexity index is 1140. The molecule has 8 heteroatoms. The molecule has 4 heterocycles. The highest BCUT2D eigenvalue weighted by molar-refractivity contribution is 7.20. The summed E-state index contributed by atoms with van der Waals surface area (Å²) < 4.78 is 14.1. The van der Waals surface area contributed by atoms with E-state index in [1.54, 1.807) is 18.5 Å². The highest BCUT2D eigenvalue weighted by Crippen LogP contribution is 2.37. The van der Waals surface area contributed by atoms with Crippen LogP contribution in [0, 0.1) is 12.7 Å². The number of benzene rings is 1. The molecule has 0 unspecified atom stereocenters. The van der Waals surface area contributed by atoms with Gasteiger partial charge in [0.25, 0.3) is 5.91 Å². The van der Waals surface area contributed by atoms with E-state index < -0.39 is 0 Å². The number of aromatic nitrogens is 2. The number of nitrogens with zero attached hydrogens (tertiary/aromatic N) is 5. The number of hydrogen-bond donors (Lipinski definition) is 0. The second kappa shape index (κ2) is 8.65. The summed E-state index contributed by atoms with van der Waals surface area (Å²) >= 11 is 1.46. The lowest BCUT2D eigenvalue weighted by Crippen LogP contribution is -2.49. The third-order valence-corrected chi connectivity index (χ3v) is 7.92. The van der Waals surface area contributed by atoms with Gasteiger partial charge in [0.1, 0.15) is 22.8 Å². The molecule has 168 valence electrons. The summed E-state index contributed by atoms with van der Waals surface area (Å²) in [5.41, 5.74) is 1.58. The van der Waals surface area contributed by atoms with Crippen molar-refractivity contribution in [3.63, 3.8) is 0 Å². The molecule has 0 bridgehead atoms. The van der Waals surface area contributed by atoms with Gasteiger partial charge < -0.3 is 14.7 Å². The van der Waals surface area contributed by atoms with E-state index in [1.807, 2.05) is 22.8 Å². The number of carbonyl (C=O) groups is 1. The number of anilines is 2. The summed E-state index contributed by atoms with van der Waals surface area (Å²) in [6.45, 7) is 7.63. The van der Waals surface area contributed by atoms with Crippen molar-refractivity contribution in [3.05, 3.63) is 46.9 Å². The fraction of sp³-hybridized carbons (Fsp3) is 0.458. The standard InChI is InChI=1S/C24H28FN5OS/c1-16-7-5-6-10-30(16)22-20-17(2)21(32-23(20)27-15-26-22)24(31)29-13-11-28(12-14-29)19-9-4-3-8-18(19)25/h3-4,8-9,15-16H,5-7,10-14H2,1-2H3/t16-/m1/s1. The van der Waals surface area contributed by atoms with E-state index in [0.29, 0.717) is 37.9 Å². The van der Waals surface area contributed by atoms with E-state index in [9.17, 15) is 9.18 Å². The molecule has 1 aromatic carbocycles. The lowest BCUT2D eigenvalue weighted by atomic mass is 10.0.